The minimum atomic E-state index is -0.179. The van der Waals surface area contributed by atoms with Crippen molar-refractivity contribution in [2.75, 3.05) is 19.6 Å². The smallest absolute Gasteiger partial charge is 0.227 e. The summed E-state index contributed by atoms with van der Waals surface area (Å²) in [5.74, 6) is 1.78. The van der Waals surface area contributed by atoms with E-state index < -0.39 is 0 Å². The molecule has 1 amide bonds. The number of ether oxygens (including phenoxy) is 1. The quantitative estimate of drug-likeness (QED) is 0.741. The molecule has 8 rings (SSSR count). The van der Waals surface area contributed by atoms with E-state index in [-0.39, 0.29) is 29.1 Å². The van der Waals surface area contributed by atoms with Crippen LogP contribution >= 0.6 is 0 Å². The summed E-state index contributed by atoms with van der Waals surface area (Å²) in [7, 11) is 0. The zero-order valence-electron chi connectivity index (χ0n) is 20.2. The van der Waals surface area contributed by atoms with Gasteiger partial charge in [-0.2, -0.15) is 0 Å². The van der Waals surface area contributed by atoms with E-state index in [0.29, 0.717) is 30.7 Å². The second-order valence-electron chi connectivity index (χ2n) is 12.1. The first-order valence-corrected chi connectivity index (χ1v) is 13.7. The SMILES string of the molecule is O=C(Cc1ccccc1)N1C[C@H]2OC34CCC1C2C31CCN(CC2CC2)C4Cc2ccc(O)cc21. The fraction of sp³-hybridized carbons (Fsp3) is 0.567. The first-order valence-electron chi connectivity index (χ1n) is 13.7. The molecule has 182 valence electrons. The van der Waals surface area contributed by atoms with Gasteiger partial charge in [-0.1, -0.05) is 36.4 Å². The van der Waals surface area contributed by atoms with Gasteiger partial charge >= 0.3 is 0 Å². The number of amides is 1. The largest absolute Gasteiger partial charge is 0.508 e. The number of phenols is 1. The molecule has 4 bridgehead atoms. The number of likely N-dealkylation sites (tertiary alicyclic amines) is 2. The van der Waals surface area contributed by atoms with Crippen molar-refractivity contribution in [1.29, 1.82) is 0 Å². The van der Waals surface area contributed by atoms with Gasteiger partial charge in [0.1, 0.15) is 5.75 Å². The van der Waals surface area contributed by atoms with Crippen LogP contribution in [0, 0.1) is 11.8 Å². The maximum absolute atomic E-state index is 13.6. The van der Waals surface area contributed by atoms with Crippen LogP contribution < -0.4 is 0 Å². The van der Waals surface area contributed by atoms with E-state index in [9.17, 15) is 9.90 Å². The minimum Gasteiger partial charge on any atom is -0.508 e. The molecule has 1 N–H and O–H groups in total. The van der Waals surface area contributed by atoms with Crippen LogP contribution in [-0.4, -0.2) is 64.2 Å². The minimum absolute atomic E-state index is 0.0962. The van der Waals surface area contributed by atoms with Crippen LogP contribution in [0.15, 0.2) is 48.5 Å². The first-order chi connectivity index (χ1) is 17.1. The third-order valence-electron chi connectivity index (χ3n) is 10.6. The summed E-state index contributed by atoms with van der Waals surface area (Å²) in [6, 6.07) is 16.9. The van der Waals surface area contributed by atoms with Crippen molar-refractivity contribution in [2.24, 2.45) is 11.8 Å². The Labute approximate surface area is 207 Å². The highest BCUT2D eigenvalue weighted by Gasteiger charge is 2.78. The van der Waals surface area contributed by atoms with E-state index in [2.05, 4.69) is 34.1 Å². The van der Waals surface area contributed by atoms with E-state index in [0.717, 1.165) is 43.7 Å². The Morgan fingerprint density at radius 1 is 1.09 bits per heavy atom. The number of piperidine rings is 1. The number of phenolic OH excluding ortho intramolecular Hbond substituents is 1. The Morgan fingerprint density at radius 3 is 2.77 bits per heavy atom. The highest BCUT2D eigenvalue weighted by atomic mass is 16.5. The van der Waals surface area contributed by atoms with Crippen LogP contribution in [-0.2, 0) is 27.8 Å². The van der Waals surface area contributed by atoms with Crippen molar-refractivity contribution in [3.05, 3.63) is 65.2 Å². The number of nitrogens with zero attached hydrogens (tertiary/aromatic N) is 2. The van der Waals surface area contributed by atoms with Crippen LogP contribution in [0.2, 0.25) is 0 Å². The molecule has 0 spiro atoms. The standard InChI is InChI=1S/C30H34N2O3/c33-22-9-8-21-15-26-30-11-10-24-28(29(30,23(21)16-22)12-13-31(26)17-20-6-7-20)25(35-30)18-32(24)27(34)14-19-4-2-1-3-5-19/h1-5,8-9,16,20,24-26,28,33H,6-7,10-15,17-18H2/t24?,25-,26?,28?,29?,30?/m1/s1. The number of benzene rings is 2. The lowest BCUT2D eigenvalue weighted by Crippen LogP contribution is -2.74. The summed E-state index contributed by atoms with van der Waals surface area (Å²) >= 11 is 0. The molecule has 5 fully saturated rings. The number of carbonyl (C=O) groups excluding carboxylic acids is 1. The lowest BCUT2D eigenvalue weighted by Gasteiger charge is -2.64. The zero-order valence-corrected chi connectivity index (χ0v) is 20.2. The molecule has 3 heterocycles. The van der Waals surface area contributed by atoms with Gasteiger partial charge in [-0.05, 0) is 79.8 Å². The van der Waals surface area contributed by atoms with Crippen LogP contribution in [0.5, 0.6) is 5.75 Å². The molecule has 2 aromatic carbocycles. The molecule has 0 aromatic heterocycles. The summed E-state index contributed by atoms with van der Waals surface area (Å²) in [6.45, 7) is 3.03. The van der Waals surface area contributed by atoms with Crippen LogP contribution in [0.3, 0.4) is 0 Å². The first kappa shape index (κ1) is 20.8. The van der Waals surface area contributed by atoms with E-state index >= 15 is 0 Å². The number of fused-ring (bicyclic) bond motifs is 1. The molecule has 2 aromatic rings. The molecule has 5 nitrogen and oxygen atoms in total. The number of carbonyl (C=O) groups is 1. The molecule has 3 aliphatic carbocycles. The Hall–Kier alpha value is -2.37. The second kappa shape index (κ2) is 7.10. The second-order valence-corrected chi connectivity index (χ2v) is 12.1. The lowest BCUT2D eigenvalue weighted by atomic mass is 9.46. The molecule has 5 unspecified atom stereocenters. The molecule has 3 saturated heterocycles. The zero-order chi connectivity index (χ0) is 23.4. The Kier molecular flexibility index (Phi) is 4.22. The Bertz CT molecular complexity index is 1200. The average molecular weight is 471 g/mol. The van der Waals surface area contributed by atoms with Crippen LogP contribution in [0.1, 0.15) is 48.8 Å². The molecule has 0 radical (unpaired) electrons. The summed E-state index contributed by atoms with van der Waals surface area (Å²) in [5.41, 5.74) is 3.53. The van der Waals surface area contributed by atoms with Gasteiger partial charge in [0, 0.05) is 36.5 Å². The van der Waals surface area contributed by atoms with Gasteiger partial charge in [-0.15, -0.1) is 0 Å². The highest BCUT2D eigenvalue weighted by Crippen LogP contribution is 2.69. The van der Waals surface area contributed by atoms with E-state index in [4.69, 9.17) is 4.74 Å². The third kappa shape index (κ3) is 2.69. The predicted molar refractivity (Wildman–Crippen MR) is 132 cm³/mol. The summed E-state index contributed by atoms with van der Waals surface area (Å²) in [6.07, 6.45) is 7.45. The van der Waals surface area contributed by atoms with Gasteiger partial charge < -0.3 is 14.7 Å². The number of hydrogen-bond donors (Lipinski definition) is 1. The van der Waals surface area contributed by atoms with Crippen molar-refractivity contribution < 1.29 is 14.6 Å². The Balaban J connectivity index is 1.20. The normalized spacial score (nSPS) is 38.8. The van der Waals surface area contributed by atoms with Crippen molar-refractivity contribution >= 4 is 5.91 Å². The van der Waals surface area contributed by atoms with Crippen molar-refractivity contribution in [3.8, 4) is 5.75 Å². The van der Waals surface area contributed by atoms with Gasteiger partial charge in [-0.3, -0.25) is 9.69 Å². The molecular weight excluding hydrogens is 436 g/mol. The van der Waals surface area contributed by atoms with Crippen LogP contribution in [0.4, 0.5) is 0 Å². The number of rotatable bonds is 4. The van der Waals surface area contributed by atoms with E-state index in [1.807, 2.05) is 24.3 Å². The predicted octanol–water partition coefficient (Wildman–Crippen LogP) is 3.67. The van der Waals surface area contributed by atoms with E-state index in [1.165, 1.54) is 30.5 Å². The van der Waals surface area contributed by atoms with Crippen molar-refractivity contribution in [1.82, 2.24) is 9.80 Å². The third-order valence-corrected chi connectivity index (χ3v) is 10.6. The monoisotopic (exact) mass is 470 g/mol. The fourth-order valence-electron chi connectivity index (χ4n) is 9.18. The number of aromatic hydroxyl groups is 1. The van der Waals surface area contributed by atoms with Gasteiger partial charge in [0.05, 0.1) is 18.1 Å². The average Bonchev–Trinajstić information content (AvgIpc) is 3.55. The van der Waals surface area contributed by atoms with Gasteiger partial charge in [0.15, 0.2) is 0 Å². The summed E-state index contributed by atoms with van der Waals surface area (Å²) in [4.78, 5) is 18.5. The van der Waals surface area contributed by atoms with E-state index in [1.54, 1.807) is 0 Å². The molecule has 6 atom stereocenters. The molecule has 6 aliphatic rings. The molecule has 3 aliphatic heterocycles. The van der Waals surface area contributed by atoms with Crippen molar-refractivity contribution in [2.45, 2.75) is 74.1 Å². The molecule has 5 heteroatoms. The maximum Gasteiger partial charge on any atom is 0.227 e. The summed E-state index contributed by atoms with van der Waals surface area (Å²) < 4.78 is 7.27. The molecule has 35 heavy (non-hydrogen) atoms. The highest BCUT2D eigenvalue weighted by molar-refractivity contribution is 5.80. The molecular formula is C30H34N2O3. The van der Waals surface area contributed by atoms with Crippen LogP contribution in [0.25, 0.3) is 0 Å². The lowest BCUT2D eigenvalue weighted by molar-refractivity contribution is -0.176. The maximum atomic E-state index is 13.6. The molecule has 2 saturated carbocycles. The van der Waals surface area contributed by atoms with Gasteiger partial charge in [0.2, 0.25) is 5.91 Å². The topological polar surface area (TPSA) is 53.0 Å². The van der Waals surface area contributed by atoms with Gasteiger partial charge in [0.25, 0.3) is 0 Å². The number of hydrogen-bond acceptors (Lipinski definition) is 4. The summed E-state index contributed by atoms with van der Waals surface area (Å²) in [5, 5.41) is 10.6. The Morgan fingerprint density at radius 2 is 1.94 bits per heavy atom. The van der Waals surface area contributed by atoms with Gasteiger partial charge in [-0.25, -0.2) is 0 Å². The fourth-order valence-corrected chi connectivity index (χ4v) is 9.18. The van der Waals surface area contributed by atoms with Crippen molar-refractivity contribution in [3.63, 3.8) is 0 Å².